The number of sulfonamides is 1. The van der Waals surface area contributed by atoms with E-state index in [1.807, 2.05) is 6.07 Å². The Morgan fingerprint density at radius 3 is 2.49 bits per heavy atom. The van der Waals surface area contributed by atoms with Crippen LogP contribution in [0.3, 0.4) is 0 Å². The second-order valence-electron chi connectivity index (χ2n) is 8.59. The summed E-state index contributed by atoms with van der Waals surface area (Å²) < 4.78 is 27.5. The van der Waals surface area contributed by atoms with Crippen LogP contribution in [0.15, 0.2) is 52.4 Å². The smallest absolute Gasteiger partial charge is 0.263 e. The van der Waals surface area contributed by atoms with Crippen LogP contribution in [0.1, 0.15) is 49.4 Å². The maximum absolute atomic E-state index is 12.9. The van der Waals surface area contributed by atoms with Gasteiger partial charge in [0.1, 0.15) is 11.1 Å². The van der Waals surface area contributed by atoms with Crippen molar-refractivity contribution < 1.29 is 13.2 Å². The Labute approximate surface area is 225 Å². The van der Waals surface area contributed by atoms with Crippen LogP contribution >= 0.6 is 23.4 Å². The number of thioether (sulfide) groups is 1. The Balaban J connectivity index is 1.41. The number of fused-ring (bicyclic) bond motifs is 1. The van der Waals surface area contributed by atoms with Gasteiger partial charge < -0.3 is 5.32 Å². The van der Waals surface area contributed by atoms with E-state index in [1.165, 1.54) is 61.0 Å². The van der Waals surface area contributed by atoms with Gasteiger partial charge in [0.05, 0.1) is 15.7 Å². The van der Waals surface area contributed by atoms with Crippen molar-refractivity contribution in [1.82, 2.24) is 15.2 Å². The van der Waals surface area contributed by atoms with Gasteiger partial charge in [-0.1, -0.05) is 36.2 Å². The molecule has 192 valence electrons. The predicted molar refractivity (Wildman–Crippen MR) is 143 cm³/mol. The van der Waals surface area contributed by atoms with Gasteiger partial charge in [0.2, 0.25) is 5.91 Å². The Hall–Kier alpha value is -3.20. The highest BCUT2D eigenvalue weighted by Gasteiger charge is 2.21. The molecular weight excluding hydrogens is 532 g/mol. The zero-order valence-corrected chi connectivity index (χ0v) is 22.5. The average Bonchev–Trinajstić information content (AvgIpc) is 2.86. The molecule has 2 N–H and O–H groups in total. The molecule has 1 aliphatic carbocycles. The largest absolute Gasteiger partial charge is 0.325 e. The lowest BCUT2D eigenvalue weighted by Gasteiger charge is -2.17. The predicted octanol–water partition coefficient (Wildman–Crippen LogP) is 4.98. The number of nitriles is 1. The van der Waals surface area contributed by atoms with Gasteiger partial charge in [0.15, 0.2) is 11.0 Å². The van der Waals surface area contributed by atoms with Gasteiger partial charge >= 0.3 is 0 Å². The lowest BCUT2D eigenvalue weighted by atomic mass is 9.96. The fourth-order valence-electron chi connectivity index (χ4n) is 3.89. The minimum absolute atomic E-state index is 0.00619. The number of rotatable bonds is 7. The fraction of sp³-hybridized carbons (Fsp3) is 0.320. The number of carbonyl (C=O) groups is 1. The van der Waals surface area contributed by atoms with Crippen molar-refractivity contribution in [3.05, 3.63) is 64.4 Å². The lowest BCUT2D eigenvalue weighted by molar-refractivity contribution is -0.115. The molecule has 1 unspecified atom stereocenters. The summed E-state index contributed by atoms with van der Waals surface area (Å²) in [6.45, 7) is 1.75. The van der Waals surface area contributed by atoms with Gasteiger partial charge in [-0.05, 0) is 80.6 Å². The number of halogens is 1. The van der Waals surface area contributed by atoms with Crippen molar-refractivity contribution >= 4 is 50.8 Å². The van der Waals surface area contributed by atoms with Gasteiger partial charge in [0, 0.05) is 11.4 Å². The Bertz CT molecular complexity index is 1420. The second-order valence-corrected chi connectivity index (χ2v) is 12.0. The van der Waals surface area contributed by atoms with E-state index in [1.54, 1.807) is 6.92 Å². The molecule has 0 saturated heterocycles. The summed E-state index contributed by atoms with van der Waals surface area (Å²) in [6, 6.07) is 12.7. The molecule has 0 spiro atoms. The summed E-state index contributed by atoms with van der Waals surface area (Å²) >= 11 is 6.92. The van der Waals surface area contributed by atoms with E-state index in [2.05, 4.69) is 26.3 Å². The van der Waals surface area contributed by atoms with E-state index in [4.69, 9.17) is 16.6 Å². The maximum Gasteiger partial charge on any atom is 0.263 e. The number of aromatic nitrogens is 3. The third kappa shape index (κ3) is 6.97. The number of hydrogen-bond acceptors (Lipinski definition) is 8. The van der Waals surface area contributed by atoms with Crippen LogP contribution < -0.4 is 10.0 Å². The van der Waals surface area contributed by atoms with Gasteiger partial charge in [0.25, 0.3) is 10.0 Å². The van der Waals surface area contributed by atoms with Gasteiger partial charge in [-0.3, -0.25) is 9.52 Å². The highest BCUT2D eigenvalue weighted by atomic mass is 35.5. The topological polar surface area (TPSA) is 138 Å². The van der Waals surface area contributed by atoms with Crippen LogP contribution in [-0.2, 0) is 27.7 Å². The molecule has 2 aromatic heterocycles. The van der Waals surface area contributed by atoms with Gasteiger partial charge in [-0.15, -0.1) is 10.2 Å². The zero-order chi connectivity index (χ0) is 26.4. The number of nitrogens with one attached hydrogen (secondary N) is 2. The molecule has 1 amide bonds. The molecular formula is C25H25ClN6O3S2. The number of anilines is 2. The van der Waals surface area contributed by atoms with E-state index in [0.717, 1.165) is 36.9 Å². The number of benzene rings is 1. The summed E-state index contributed by atoms with van der Waals surface area (Å²) in [5.41, 5.74) is 3.07. The number of hydrogen-bond donors (Lipinski definition) is 2. The highest BCUT2D eigenvalue weighted by Crippen LogP contribution is 2.30. The summed E-state index contributed by atoms with van der Waals surface area (Å²) in [6.07, 6.45) is 6.33. The molecule has 0 bridgehead atoms. The molecule has 0 radical (unpaired) electrons. The van der Waals surface area contributed by atoms with Crippen molar-refractivity contribution in [3.8, 4) is 6.07 Å². The first-order valence-corrected chi connectivity index (χ1v) is 14.5. The van der Waals surface area contributed by atoms with Crippen LogP contribution in [0.25, 0.3) is 0 Å². The van der Waals surface area contributed by atoms with E-state index in [-0.39, 0.29) is 21.8 Å². The van der Waals surface area contributed by atoms with Crippen LogP contribution in [0.5, 0.6) is 0 Å². The van der Waals surface area contributed by atoms with Crippen LogP contribution in [0, 0.1) is 11.3 Å². The Morgan fingerprint density at radius 2 is 1.81 bits per heavy atom. The summed E-state index contributed by atoms with van der Waals surface area (Å²) in [4.78, 5) is 17.6. The van der Waals surface area contributed by atoms with E-state index in [0.29, 0.717) is 16.3 Å². The first-order chi connectivity index (χ1) is 17.7. The molecule has 0 saturated carbocycles. The molecule has 9 nitrogen and oxygen atoms in total. The van der Waals surface area contributed by atoms with Crippen molar-refractivity contribution in [2.45, 2.75) is 60.6 Å². The van der Waals surface area contributed by atoms with E-state index in [9.17, 15) is 18.5 Å². The SMILES string of the molecule is CC(Sc1nc2c(cc1C#N)CCCCCC2)C(=O)Nc1ccc(S(=O)(=O)Nc2ccc(Cl)nn2)cc1. The van der Waals surface area contributed by atoms with E-state index < -0.39 is 15.3 Å². The van der Waals surface area contributed by atoms with Crippen molar-refractivity contribution in [3.63, 3.8) is 0 Å². The molecule has 4 rings (SSSR count). The first-order valence-electron chi connectivity index (χ1n) is 11.8. The normalized spacial score (nSPS) is 14.4. The first kappa shape index (κ1) is 26.9. The number of nitrogens with zero attached hydrogens (tertiary/aromatic N) is 4. The van der Waals surface area contributed by atoms with E-state index >= 15 is 0 Å². The zero-order valence-electron chi connectivity index (χ0n) is 20.1. The number of amides is 1. The molecule has 0 aliphatic heterocycles. The summed E-state index contributed by atoms with van der Waals surface area (Å²) in [5, 5.41) is 19.9. The molecule has 1 aliphatic rings. The highest BCUT2D eigenvalue weighted by molar-refractivity contribution is 8.00. The van der Waals surface area contributed by atoms with Crippen LogP contribution in [0.2, 0.25) is 5.15 Å². The fourth-order valence-corrected chi connectivity index (χ4v) is 5.88. The Morgan fingerprint density at radius 1 is 1.08 bits per heavy atom. The number of pyridine rings is 1. The maximum atomic E-state index is 12.9. The average molecular weight is 557 g/mol. The minimum atomic E-state index is -3.90. The van der Waals surface area contributed by atoms with Crippen molar-refractivity contribution in [1.29, 1.82) is 5.26 Å². The third-order valence-corrected chi connectivity index (χ3v) is 8.52. The van der Waals surface area contributed by atoms with Gasteiger partial charge in [-0.25, -0.2) is 13.4 Å². The second kappa shape index (κ2) is 11.9. The van der Waals surface area contributed by atoms with Crippen molar-refractivity contribution in [2.24, 2.45) is 0 Å². The van der Waals surface area contributed by atoms with Crippen molar-refractivity contribution in [2.75, 3.05) is 10.0 Å². The molecule has 3 aromatic rings. The molecule has 0 fully saturated rings. The standard InChI is InChI=1S/C25H25ClN6O3S2/c1-16(36-25-18(15-27)14-17-6-4-2-3-5-7-21(17)29-25)24(33)28-19-8-10-20(11-9-19)37(34,35)32-23-13-12-22(26)30-31-23/h8-14,16H,2-7H2,1H3,(H,28,33)(H,31,32). The number of carbonyl (C=O) groups excluding carboxylic acids is 1. The Kier molecular flexibility index (Phi) is 8.63. The van der Waals surface area contributed by atoms with Crippen LogP contribution in [0.4, 0.5) is 11.5 Å². The molecule has 1 aromatic carbocycles. The number of aryl methyl sites for hydroxylation is 2. The quantitative estimate of drug-likeness (QED) is 0.389. The molecule has 1 atom stereocenters. The summed E-state index contributed by atoms with van der Waals surface area (Å²) in [7, 11) is -3.90. The third-order valence-electron chi connectivity index (χ3n) is 5.85. The monoisotopic (exact) mass is 556 g/mol. The molecule has 12 heteroatoms. The minimum Gasteiger partial charge on any atom is -0.325 e. The molecule has 37 heavy (non-hydrogen) atoms. The van der Waals surface area contributed by atoms with Gasteiger partial charge in [-0.2, -0.15) is 5.26 Å². The lowest BCUT2D eigenvalue weighted by Crippen LogP contribution is -2.23. The molecule has 2 heterocycles. The van der Waals surface area contributed by atoms with Crippen LogP contribution in [-0.4, -0.2) is 34.8 Å². The summed E-state index contributed by atoms with van der Waals surface area (Å²) in [5.74, 6) is -0.251.